The number of unbranched alkanes of at least 4 members (excludes halogenated alkanes) is 1. The molecule has 2 aromatic rings. The van der Waals surface area contributed by atoms with Crippen molar-refractivity contribution in [3.8, 4) is 5.75 Å². The molecule has 12 N–H and O–H groups in total. The number of aryl methyl sites for hydroxylation is 2. The van der Waals surface area contributed by atoms with Crippen molar-refractivity contribution in [1.82, 2.24) is 5.32 Å². The Balaban J connectivity index is 2.45. The van der Waals surface area contributed by atoms with Crippen LogP contribution in [0.25, 0.3) is 0 Å². The van der Waals surface area contributed by atoms with E-state index in [1.807, 2.05) is 0 Å². The van der Waals surface area contributed by atoms with Gasteiger partial charge in [-0.15, -0.1) is 0 Å². The Bertz CT molecular complexity index is 1620. The van der Waals surface area contributed by atoms with Crippen molar-refractivity contribution in [2.45, 2.75) is 83.7 Å². The van der Waals surface area contributed by atoms with Crippen LogP contribution in [0.1, 0.15) is 75.4 Å². The second-order valence-electron chi connectivity index (χ2n) is 11.4. The predicted octanol–water partition coefficient (Wildman–Crippen LogP) is 1.43. The van der Waals surface area contributed by atoms with E-state index in [0.29, 0.717) is 36.0 Å². The number of hydrogen-bond donors (Lipinski definition) is 7. The molecule has 0 heterocycles. The van der Waals surface area contributed by atoms with Gasteiger partial charge in [-0.3, -0.25) is 24.2 Å². The SMILES string of the molecule is [2H]c1c([2H])c([2H])c(C[C@]([2H])(CC(=O)[C@H](CCCCN)NC(=O)[C@@H](CC(=O)[C@H](N)CCCN=C(N)N)Cc2c(C)cc(O)cc2C)C(N)=O)c([2H])c1[2H]. The van der Waals surface area contributed by atoms with Crippen molar-refractivity contribution in [3.05, 3.63) is 64.6 Å². The molecule has 0 aromatic heterocycles. The zero-order chi connectivity index (χ0) is 39.5. The van der Waals surface area contributed by atoms with E-state index in [0.717, 1.165) is 0 Å². The van der Waals surface area contributed by atoms with Crippen LogP contribution in [-0.2, 0) is 32.0 Å². The van der Waals surface area contributed by atoms with E-state index in [9.17, 15) is 24.3 Å². The van der Waals surface area contributed by atoms with Crippen molar-refractivity contribution in [2.24, 2.45) is 45.5 Å². The zero-order valence-corrected chi connectivity index (χ0v) is 26.6. The highest BCUT2D eigenvalue weighted by Crippen LogP contribution is 2.26. The number of benzene rings is 2. The first-order chi connectivity index (χ1) is 24.2. The van der Waals surface area contributed by atoms with Crippen LogP contribution in [-0.4, -0.2) is 59.6 Å². The monoisotopic (exact) mass is 643 g/mol. The molecule has 2 rings (SSSR count). The van der Waals surface area contributed by atoms with Gasteiger partial charge in [-0.1, -0.05) is 30.2 Å². The van der Waals surface area contributed by atoms with E-state index >= 15 is 0 Å². The summed E-state index contributed by atoms with van der Waals surface area (Å²) in [6.45, 7) is 4.04. The maximum absolute atomic E-state index is 14.0. The third kappa shape index (κ3) is 13.0. The molecule has 0 aliphatic carbocycles. The number of rotatable bonds is 21. The number of phenolic OH excluding ortho intramolecular Hbond substituents is 1. The highest BCUT2D eigenvalue weighted by atomic mass is 16.3. The second kappa shape index (κ2) is 19.3. The number of phenols is 1. The van der Waals surface area contributed by atoms with E-state index in [1.54, 1.807) is 13.8 Å². The van der Waals surface area contributed by atoms with Crippen LogP contribution >= 0.6 is 0 Å². The Kier molecular flexibility index (Phi) is 12.2. The smallest absolute Gasteiger partial charge is 0.224 e. The first-order valence-corrected chi connectivity index (χ1v) is 15.3. The van der Waals surface area contributed by atoms with E-state index in [4.69, 9.17) is 36.9 Å². The van der Waals surface area contributed by atoms with Gasteiger partial charge in [0.05, 0.1) is 18.9 Å². The Morgan fingerprint density at radius 2 is 1.59 bits per heavy atom. The minimum atomic E-state index is -2.44. The number of nitrogens with two attached hydrogens (primary N) is 5. The number of carbonyl (C=O) groups excluding carboxylic acids is 4. The highest BCUT2D eigenvalue weighted by molar-refractivity contribution is 5.94. The lowest BCUT2D eigenvalue weighted by molar-refractivity contribution is -0.133. The van der Waals surface area contributed by atoms with Crippen molar-refractivity contribution < 1.29 is 32.5 Å². The maximum Gasteiger partial charge on any atom is 0.224 e. The summed E-state index contributed by atoms with van der Waals surface area (Å²) < 4.78 is 49.1. The summed E-state index contributed by atoms with van der Waals surface area (Å²) in [6.07, 6.45) is -0.278. The van der Waals surface area contributed by atoms with Crippen LogP contribution in [0.4, 0.5) is 0 Å². The van der Waals surface area contributed by atoms with Gasteiger partial charge in [0, 0.05) is 32.6 Å². The highest BCUT2D eigenvalue weighted by Gasteiger charge is 2.31. The molecule has 12 nitrogen and oxygen atoms in total. The summed E-state index contributed by atoms with van der Waals surface area (Å²) in [5.74, 6) is -6.64. The maximum atomic E-state index is 14.0. The molecule has 0 aliphatic rings. The second-order valence-corrected chi connectivity index (χ2v) is 11.4. The van der Waals surface area contributed by atoms with Crippen LogP contribution in [0.5, 0.6) is 5.75 Å². The zero-order valence-electron chi connectivity index (χ0n) is 32.6. The quantitative estimate of drug-likeness (QED) is 0.0590. The lowest BCUT2D eigenvalue weighted by Gasteiger charge is -2.25. The van der Waals surface area contributed by atoms with Crippen molar-refractivity contribution in [1.29, 1.82) is 0 Å². The number of aromatic hydroxyl groups is 1. The molecule has 46 heavy (non-hydrogen) atoms. The van der Waals surface area contributed by atoms with Crippen LogP contribution in [0.2, 0.25) is 0 Å². The van der Waals surface area contributed by atoms with Gasteiger partial charge in [0.1, 0.15) is 11.5 Å². The Morgan fingerprint density at radius 3 is 2.17 bits per heavy atom. The summed E-state index contributed by atoms with van der Waals surface area (Å²) in [6, 6.07) is -2.41. The number of carbonyl (C=O) groups is 4. The lowest BCUT2D eigenvalue weighted by Crippen LogP contribution is -2.46. The molecule has 0 saturated carbocycles. The Labute approximate surface area is 280 Å². The van der Waals surface area contributed by atoms with Gasteiger partial charge in [-0.25, -0.2) is 0 Å². The number of primary amides is 1. The fraction of sp³-hybridized carbons (Fsp3) is 0.500. The van der Waals surface area contributed by atoms with Gasteiger partial charge in [-0.05, 0) is 99.7 Å². The summed E-state index contributed by atoms with van der Waals surface area (Å²) in [7, 11) is 0. The van der Waals surface area contributed by atoms with Gasteiger partial charge in [-0.2, -0.15) is 0 Å². The topological polar surface area (TPSA) is 243 Å². The van der Waals surface area contributed by atoms with Crippen LogP contribution in [0.15, 0.2) is 47.3 Å². The van der Waals surface area contributed by atoms with E-state index < -0.39 is 90.3 Å². The molecule has 0 unspecified atom stereocenters. The molecule has 2 aromatic carbocycles. The fourth-order valence-electron chi connectivity index (χ4n) is 5.11. The van der Waals surface area contributed by atoms with Crippen LogP contribution in [0, 0.1) is 25.7 Å². The number of nitrogens with one attached hydrogen (secondary N) is 1. The molecule has 2 amide bonds. The van der Waals surface area contributed by atoms with Crippen molar-refractivity contribution in [3.63, 3.8) is 0 Å². The summed E-state index contributed by atoms with van der Waals surface area (Å²) in [5.41, 5.74) is 29.8. The van der Waals surface area contributed by atoms with Gasteiger partial charge in [0.15, 0.2) is 11.7 Å². The number of aliphatic imine (C=N–C) groups is 1. The summed E-state index contributed by atoms with van der Waals surface area (Å²) in [4.78, 5) is 57.8. The predicted molar refractivity (Wildman–Crippen MR) is 180 cm³/mol. The average molecular weight is 644 g/mol. The largest absolute Gasteiger partial charge is 0.508 e. The number of guanidine groups is 1. The first-order valence-electron chi connectivity index (χ1n) is 18.3. The molecule has 0 bridgehead atoms. The number of ketones is 2. The fourth-order valence-corrected chi connectivity index (χ4v) is 5.11. The number of Topliss-reactive ketones (excluding diaryl/α,β-unsaturated/α-hetero) is 2. The number of nitrogens with zero attached hydrogens (tertiary/aromatic N) is 1. The minimum Gasteiger partial charge on any atom is -0.508 e. The first kappa shape index (κ1) is 29.1. The van der Waals surface area contributed by atoms with E-state index in [-0.39, 0.29) is 56.0 Å². The molecular weight excluding hydrogens is 586 g/mol. The van der Waals surface area contributed by atoms with Crippen LogP contribution < -0.4 is 34.0 Å². The molecule has 0 saturated heterocycles. The molecule has 4 atom stereocenters. The number of hydrogen-bond acceptors (Lipinski definition) is 8. The van der Waals surface area contributed by atoms with E-state index in [1.165, 1.54) is 12.1 Å². The van der Waals surface area contributed by atoms with Gasteiger partial charge in [0.2, 0.25) is 11.8 Å². The molecule has 12 heteroatoms. The van der Waals surface area contributed by atoms with Crippen LogP contribution in [0.3, 0.4) is 0 Å². The minimum absolute atomic E-state index is 0.0288. The van der Waals surface area contributed by atoms with Gasteiger partial charge in [0.25, 0.3) is 0 Å². The third-order valence-corrected chi connectivity index (χ3v) is 7.66. The molecule has 0 fully saturated rings. The molecule has 0 aliphatic heterocycles. The normalized spacial score (nSPS) is 16.2. The van der Waals surface area contributed by atoms with Crippen molar-refractivity contribution in [2.75, 3.05) is 13.1 Å². The molecular formula is C34H51N7O5. The van der Waals surface area contributed by atoms with Gasteiger partial charge < -0.3 is 39.1 Å². The summed E-state index contributed by atoms with van der Waals surface area (Å²) >= 11 is 0. The lowest BCUT2D eigenvalue weighted by atomic mass is 9.86. The molecule has 0 radical (unpaired) electrons. The Hall–Kier alpha value is -4.29. The molecule has 252 valence electrons. The number of amides is 2. The average Bonchev–Trinajstić information content (AvgIpc) is 3.06. The van der Waals surface area contributed by atoms with E-state index in [2.05, 4.69) is 10.3 Å². The third-order valence-electron chi connectivity index (χ3n) is 7.66. The molecule has 0 spiro atoms. The van der Waals surface area contributed by atoms with Crippen molar-refractivity contribution >= 4 is 29.3 Å². The standard InChI is InChI=1S/C34H51N7O5/c1-21-15-26(42)16-22(2)27(21)18-25(20-30(43)28(36)11-8-14-40-34(38)39)33(46)41-29(12-6-7-13-35)31(44)19-24(32(37)45)17-23-9-4-3-5-10-23/h3-5,9-10,15-16,24-25,28-29,42H,6-8,11-14,17-20,35-36H2,1-2H3,(H2,37,45)(H,41,46)(H4,38,39,40)/t24-,25-,28-,29+/m1/s1/i3D,4D,5D,9D,10D,24D. The van der Waals surface area contributed by atoms with Gasteiger partial charge >= 0.3 is 0 Å². The summed E-state index contributed by atoms with van der Waals surface area (Å²) in [5, 5.41) is 12.8. The Morgan fingerprint density at radius 1 is 0.935 bits per heavy atom.